The molecule has 0 aromatic heterocycles. The van der Waals surface area contributed by atoms with Crippen LogP contribution in [0.5, 0.6) is 0 Å². The maximum absolute atomic E-state index is 11.7. The molecule has 1 saturated carbocycles. The maximum Gasteiger partial charge on any atom is 0.222 e. The Morgan fingerprint density at radius 2 is 2.14 bits per heavy atom. The summed E-state index contributed by atoms with van der Waals surface area (Å²) < 4.78 is 0. The van der Waals surface area contributed by atoms with Crippen LogP contribution >= 0.6 is 0 Å². The molecule has 14 heavy (non-hydrogen) atoms. The predicted octanol–water partition coefficient (Wildman–Crippen LogP) is 1.37. The fourth-order valence-corrected chi connectivity index (χ4v) is 2.50. The molecule has 0 aromatic rings. The number of carbonyl (C=O) groups excluding carboxylic acids is 1. The van der Waals surface area contributed by atoms with E-state index >= 15 is 0 Å². The Hall–Kier alpha value is -0.570. The molecule has 0 heterocycles. The smallest absolute Gasteiger partial charge is 0.222 e. The van der Waals surface area contributed by atoms with Crippen molar-refractivity contribution in [3.8, 4) is 0 Å². The van der Waals surface area contributed by atoms with Crippen molar-refractivity contribution in [3.63, 3.8) is 0 Å². The first-order chi connectivity index (χ1) is 6.74. The molecule has 3 heteroatoms. The molecular weight excluding hydrogens is 176 g/mol. The zero-order valence-electron chi connectivity index (χ0n) is 9.33. The van der Waals surface area contributed by atoms with Gasteiger partial charge in [-0.25, -0.2) is 0 Å². The highest BCUT2D eigenvalue weighted by atomic mass is 16.2. The lowest BCUT2D eigenvalue weighted by molar-refractivity contribution is -0.133. The van der Waals surface area contributed by atoms with E-state index in [2.05, 4.69) is 6.92 Å². The minimum absolute atomic E-state index is 0.276. The van der Waals surface area contributed by atoms with Crippen molar-refractivity contribution in [1.29, 1.82) is 0 Å². The van der Waals surface area contributed by atoms with Crippen LogP contribution in [-0.2, 0) is 4.79 Å². The van der Waals surface area contributed by atoms with Gasteiger partial charge in [0.15, 0.2) is 0 Å². The normalized spacial score (nSPS) is 26.5. The van der Waals surface area contributed by atoms with Crippen LogP contribution in [0.4, 0.5) is 0 Å². The molecule has 0 radical (unpaired) electrons. The average molecular weight is 198 g/mol. The van der Waals surface area contributed by atoms with Crippen molar-refractivity contribution in [1.82, 2.24) is 4.90 Å². The molecule has 2 atom stereocenters. The van der Waals surface area contributed by atoms with Crippen molar-refractivity contribution < 1.29 is 4.79 Å². The molecule has 2 unspecified atom stereocenters. The number of amides is 1. The Kier molecular flexibility index (Phi) is 4.39. The third-order valence-electron chi connectivity index (χ3n) is 3.29. The molecule has 1 aliphatic carbocycles. The molecule has 0 bridgehead atoms. The molecule has 0 saturated heterocycles. The maximum atomic E-state index is 11.7. The van der Waals surface area contributed by atoms with E-state index in [1.165, 1.54) is 12.8 Å². The van der Waals surface area contributed by atoms with Crippen LogP contribution in [0.3, 0.4) is 0 Å². The molecule has 3 nitrogen and oxygen atoms in total. The zero-order valence-corrected chi connectivity index (χ0v) is 9.33. The zero-order chi connectivity index (χ0) is 10.6. The van der Waals surface area contributed by atoms with Crippen LogP contribution in [-0.4, -0.2) is 29.9 Å². The molecule has 0 aromatic carbocycles. The highest BCUT2D eigenvalue weighted by Gasteiger charge is 2.32. The van der Waals surface area contributed by atoms with Crippen molar-refractivity contribution in [2.45, 2.75) is 45.6 Å². The van der Waals surface area contributed by atoms with Crippen LogP contribution in [0.1, 0.15) is 39.5 Å². The van der Waals surface area contributed by atoms with Gasteiger partial charge in [-0.05, 0) is 32.2 Å². The summed E-state index contributed by atoms with van der Waals surface area (Å²) in [7, 11) is 0. The molecular formula is C11H22N2O. The highest BCUT2D eigenvalue weighted by Crippen LogP contribution is 2.29. The number of rotatable bonds is 4. The molecule has 1 amide bonds. The van der Waals surface area contributed by atoms with Gasteiger partial charge in [0.2, 0.25) is 5.91 Å². The lowest BCUT2D eigenvalue weighted by Crippen LogP contribution is -2.43. The Balaban J connectivity index is 2.63. The minimum atomic E-state index is 0.276. The van der Waals surface area contributed by atoms with Crippen LogP contribution in [0.25, 0.3) is 0 Å². The van der Waals surface area contributed by atoms with Gasteiger partial charge in [0.25, 0.3) is 0 Å². The monoisotopic (exact) mass is 198 g/mol. The summed E-state index contributed by atoms with van der Waals surface area (Å²) in [5.74, 6) is 0.809. The minimum Gasteiger partial charge on any atom is -0.340 e. The summed E-state index contributed by atoms with van der Waals surface area (Å²) >= 11 is 0. The predicted molar refractivity (Wildman–Crippen MR) is 57.9 cm³/mol. The van der Waals surface area contributed by atoms with Gasteiger partial charge in [-0.3, -0.25) is 4.79 Å². The van der Waals surface area contributed by atoms with Crippen molar-refractivity contribution in [2.24, 2.45) is 11.7 Å². The Bertz CT molecular complexity index is 194. The fourth-order valence-electron chi connectivity index (χ4n) is 2.50. The van der Waals surface area contributed by atoms with Gasteiger partial charge in [0, 0.05) is 19.0 Å². The number of carbonyl (C=O) groups is 1. The fraction of sp³-hybridized carbons (Fsp3) is 0.909. The van der Waals surface area contributed by atoms with Crippen LogP contribution in [0.2, 0.25) is 0 Å². The Morgan fingerprint density at radius 1 is 1.43 bits per heavy atom. The third kappa shape index (κ3) is 2.27. The second-order valence-corrected chi connectivity index (χ2v) is 4.03. The highest BCUT2D eigenvalue weighted by molar-refractivity contribution is 5.76. The lowest BCUT2D eigenvalue weighted by atomic mass is 10.0. The molecule has 0 spiro atoms. The van der Waals surface area contributed by atoms with Gasteiger partial charge < -0.3 is 10.6 Å². The first-order valence-corrected chi connectivity index (χ1v) is 5.74. The van der Waals surface area contributed by atoms with Gasteiger partial charge in [-0.15, -0.1) is 0 Å². The first-order valence-electron chi connectivity index (χ1n) is 5.74. The molecule has 1 aliphatic rings. The first kappa shape index (κ1) is 11.5. The lowest BCUT2D eigenvalue weighted by Gasteiger charge is -2.31. The quantitative estimate of drug-likeness (QED) is 0.741. The molecule has 1 fully saturated rings. The summed E-state index contributed by atoms with van der Waals surface area (Å²) in [6.07, 6.45) is 4.16. The van der Waals surface area contributed by atoms with E-state index in [1.54, 1.807) is 0 Å². The molecule has 1 rings (SSSR count). The average Bonchev–Trinajstić information content (AvgIpc) is 2.66. The van der Waals surface area contributed by atoms with Gasteiger partial charge in [-0.1, -0.05) is 13.3 Å². The van der Waals surface area contributed by atoms with Crippen LogP contribution < -0.4 is 5.73 Å². The summed E-state index contributed by atoms with van der Waals surface area (Å²) in [6, 6.07) is 0.414. The van der Waals surface area contributed by atoms with E-state index in [4.69, 9.17) is 5.73 Å². The third-order valence-corrected chi connectivity index (χ3v) is 3.29. The van der Waals surface area contributed by atoms with E-state index < -0.39 is 0 Å². The van der Waals surface area contributed by atoms with Gasteiger partial charge in [0.1, 0.15) is 0 Å². The van der Waals surface area contributed by atoms with E-state index in [9.17, 15) is 4.79 Å². The standard InChI is InChI=1S/C11H22N2O/c1-3-11(14)13(4-2)10-7-5-6-9(10)8-12/h9-10H,3-8,12H2,1-2H3. The van der Waals surface area contributed by atoms with Crippen molar-refractivity contribution in [3.05, 3.63) is 0 Å². The van der Waals surface area contributed by atoms with Crippen molar-refractivity contribution >= 4 is 5.91 Å². The summed E-state index contributed by atoms with van der Waals surface area (Å²) in [5, 5.41) is 0. The van der Waals surface area contributed by atoms with Crippen LogP contribution in [0, 0.1) is 5.92 Å². The van der Waals surface area contributed by atoms with Gasteiger partial charge >= 0.3 is 0 Å². The van der Waals surface area contributed by atoms with E-state index in [0.717, 1.165) is 19.5 Å². The van der Waals surface area contributed by atoms with E-state index in [0.29, 0.717) is 18.4 Å². The topological polar surface area (TPSA) is 46.3 Å². The number of hydrogen-bond acceptors (Lipinski definition) is 2. The molecule has 0 aliphatic heterocycles. The SMILES string of the molecule is CCC(=O)N(CC)C1CCCC1CN. The summed E-state index contributed by atoms with van der Waals surface area (Å²) in [5.41, 5.74) is 5.72. The second kappa shape index (κ2) is 5.35. The summed E-state index contributed by atoms with van der Waals surface area (Å²) in [6.45, 7) is 5.53. The molecule has 2 N–H and O–H groups in total. The van der Waals surface area contributed by atoms with E-state index in [1.807, 2.05) is 11.8 Å². The summed E-state index contributed by atoms with van der Waals surface area (Å²) in [4.78, 5) is 13.7. The largest absolute Gasteiger partial charge is 0.340 e. The number of nitrogens with two attached hydrogens (primary N) is 1. The van der Waals surface area contributed by atoms with Crippen LogP contribution in [0.15, 0.2) is 0 Å². The Morgan fingerprint density at radius 3 is 2.64 bits per heavy atom. The second-order valence-electron chi connectivity index (χ2n) is 4.03. The van der Waals surface area contributed by atoms with Crippen molar-refractivity contribution in [2.75, 3.05) is 13.1 Å². The van der Waals surface area contributed by atoms with Gasteiger partial charge in [0.05, 0.1) is 0 Å². The molecule has 82 valence electrons. The Labute approximate surface area is 86.6 Å². The number of hydrogen-bond donors (Lipinski definition) is 1. The van der Waals surface area contributed by atoms with Gasteiger partial charge in [-0.2, -0.15) is 0 Å². The van der Waals surface area contributed by atoms with E-state index in [-0.39, 0.29) is 5.91 Å². The number of nitrogens with zero attached hydrogens (tertiary/aromatic N) is 1.